The highest BCUT2D eigenvalue weighted by molar-refractivity contribution is 5.93. The van der Waals surface area contributed by atoms with Crippen molar-refractivity contribution in [2.45, 2.75) is 6.42 Å². The second kappa shape index (κ2) is 7.83. The fourth-order valence-corrected chi connectivity index (χ4v) is 3.87. The van der Waals surface area contributed by atoms with Crippen molar-refractivity contribution in [2.24, 2.45) is 0 Å². The fraction of sp³-hybridized carbons (Fsp3) is 0.217. The first-order valence-corrected chi connectivity index (χ1v) is 9.93. The monoisotopic (exact) mass is 382 g/mol. The summed E-state index contributed by atoms with van der Waals surface area (Å²) in [4.78, 5) is 13.3. The van der Waals surface area contributed by atoms with Gasteiger partial charge in [0.1, 0.15) is 0 Å². The summed E-state index contributed by atoms with van der Waals surface area (Å²) in [5.41, 5.74) is 2.27. The Kier molecular flexibility index (Phi) is 4.74. The van der Waals surface area contributed by atoms with Crippen LogP contribution in [0.25, 0.3) is 10.8 Å². The topological polar surface area (TPSA) is 58.0 Å². The fourth-order valence-electron chi connectivity index (χ4n) is 3.87. The van der Waals surface area contributed by atoms with E-state index in [-0.39, 0.29) is 0 Å². The first kappa shape index (κ1) is 17.6. The van der Waals surface area contributed by atoms with Gasteiger partial charge in [0.2, 0.25) is 5.95 Å². The average molecular weight is 382 g/mol. The van der Waals surface area contributed by atoms with Gasteiger partial charge in [-0.2, -0.15) is 5.10 Å². The normalized spacial score (nSPS) is 14.3. The first-order valence-electron chi connectivity index (χ1n) is 9.93. The molecule has 1 aliphatic heterocycles. The van der Waals surface area contributed by atoms with Crippen molar-refractivity contribution in [2.75, 3.05) is 36.0 Å². The van der Waals surface area contributed by atoms with Crippen LogP contribution in [-0.4, -0.2) is 46.3 Å². The Morgan fingerprint density at radius 3 is 2.07 bits per heavy atom. The number of aromatic nitrogens is 4. The van der Waals surface area contributed by atoms with Crippen molar-refractivity contribution in [3.05, 3.63) is 84.3 Å². The molecular weight excluding hydrogens is 360 g/mol. The van der Waals surface area contributed by atoms with E-state index in [4.69, 9.17) is 0 Å². The molecule has 0 aliphatic carbocycles. The predicted octanol–water partition coefficient (Wildman–Crippen LogP) is 3.34. The Labute approximate surface area is 169 Å². The number of fused-ring (bicyclic) bond motifs is 1. The van der Waals surface area contributed by atoms with Crippen molar-refractivity contribution in [3.63, 3.8) is 0 Å². The minimum atomic E-state index is 0.785. The number of benzene rings is 2. The zero-order chi connectivity index (χ0) is 19.5. The van der Waals surface area contributed by atoms with E-state index in [1.165, 1.54) is 10.9 Å². The van der Waals surface area contributed by atoms with Gasteiger partial charge in [-0.1, -0.05) is 54.6 Å². The number of hydrogen-bond donors (Lipinski definition) is 0. The van der Waals surface area contributed by atoms with Gasteiger partial charge in [0.25, 0.3) is 0 Å². The van der Waals surface area contributed by atoms with E-state index < -0.39 is 0 Å². The van der Waals surface area contributed by atoms with Gasteiger partial charge in [0.15, 0.2) is 5.82 Å². The third-order valence-electron chi connectivity index (χ3n) is 5.37. The van der Waals surface area contributed by atoms with E-state index >= 15 is 0 Å². The minimum Gasteiger partial charge on any atom is -0.351 e. The maximum atomic E-state index is 4.65. The largest absolute Gasteiger partial charge is 0.351 e. The number of nitrogens with zero attached hydrogens (tertiary/aromatic N) is 6. The second-order valence-electron chi connectivity index (χ2n) is 7.20. The maximum Gasteiger partial charge on any atom is 0.225 e. The molecule has 0 spiro atoms. The molecular formula is C23H22N6. The summed E-state index contributed by atoms with van der Waals surface area (Å²) in [6.07, 6.45) is 4.37. The molecule has 1 saturated heterocycles. The Balaban J connectivity index is 1.41. The first-order chi connectivity index (χ1) is 14.4. The summed E-state index contributed by atoms with van der Waals surface area (Å²) in [5.74, 6) is 1.76. The quantitative estimate of drug-likeness (QED) is 0.540. The highest BCUT2D eigenvalue weighted by Crippen LogP contribution is 2.28. The zero-order valence-corrected chi connectivity index (χ0v) is 16.1. The van der Waals surface area contributed by atoms with Crippen LogP contribution < -0.4 is 9.80 Å². The van der Waals surface area contributed by atoms with Crippen LogP contribution in [0.15, 0.2) is 73.1 Å². The molecule has 0 radical (unpaired) electrons. The van der Waals surface area contributed by atoms with Crippen molar-refractivity contribution in [1.82, 2.24) is 20.2 Å². The van der Waals surface area contributed by atoms with E-state index in [0.717, 1.165) is 55.4 Å². The van der Waals surface area contributed by atoms with Crippen LogP contribution in [0.4, 0.5) is 11.8 Å². The molecule has 4 aromatic rings. The highest BCUT2D eigenvalue weighted by atomic mass is 15.3. The molecule has 0 bridgehead atoms. The summed E-state index contributed by atoms with van der Waals surface area (Å²) in [6.45, 7) is 3.47. The van der Waals surface area contributed by atoms with E-state index in [1.54, 1.807) is 12.4 Å². The van der Waals surface area contributed by atoms with E-state index in [1.807, 2.05) is 12.1 Å². The molecule has 29 heavy (non-hydrogen) atoms. The van der Waals surface area contributed by atoms with Gasteiger partial charge in [-0.15, -0.1) is 5.10 Å². The van der Waals surface area contributed by atoms with Crippen molar-refractivity contribution < 1.29 is 0 Å². The Bertz CT molecular complexity index is 1090. The summed E-state index contributed by atoms with van der Waals surface area (Å²) < 4.78 is 0. The third-order valence-corrected chi connectivity index (χ3v) is 5.37. The molecule has 2 aromatic heterocycles. The maximum absolute atomic E-state index is 4.65. The third kappa shape index (κ3) is 3.61. The van der Waals surface area contributed by atoms with Crippen molar-refractivity contribution in [1.29, 1.82) is 0 Å². The van der Waals surface area contributed by atoms with Gasteiger partial charge in [0, 0.05) is 55.8 Å². The lowest BCUT2D eigenvalue weighted by Crippen LogP contribution is -2.47. The summed E-state index contributed by atoms with van der Waals surface area (Å²) in [5, 5.41) is 11.6. The molecule has 3 heterocycles. The molecule has 2 aromatic carbocycles. The summed E-state index contributed by atoms with van der Waals surface area (Å²) in [6, 6.07) is 20.7. The van der Waals surface area contributed by atoms with Crippen LogP contribution in [0.2, 0.25) is 0 Å². The molecule has 0 N–H and O–H groups in total. The van der Waals surface area contributed by atoms with Gasteiger partial charge >= 0.3 is 0 Å². The molecule has 1 aliphatic rings. The Morgan fingerprint density at radius 2 is 1.31 bits per heavy atom. The lowest BCUT2D eigenvalue weighted by atomic mass is 10.0. The predicted molar refractivity (Wildman–Crippen MR) is 115 cm³/mol. The van der Waals surface area contributed by atoms with E-state index in [2.05, 4.69) is 78.5 Å². The van der Waals surface area contributed by atoms with Gasteiger partial charge in [-0.25, -0.2) is 9.97 Å². The van der Waals surface area contributed by atoms with Gasteiger partial charge in [-0.05, 0) is 11.6 Å². The number of hydrogen-bond acceptors (Lipinski definition) is 6. The molecule has 5 rings (SSSR count). The molecule has 144 valence electrons. The Hall–Kier alpha value is -3.54. The Morgan fingerprint density at radius 1 is 0.655 bits per heavy atom. The smallest absolute Gasteiger partial charge is 0.225 e. The highest BCUT2D eigenvalue weighted by Gasteiger charge is 2.22. The molecule has 1 fully saturated rings. The number of rotatable bonds is 4. The van der Waals surface area contributed by atoms with Crippen molar-refractivity contribution >= 4 is 22.5 Å². The zero-order valence-electron chi connectivity index (χ0n) is 16.1. The molecule has 0 amide bonds. The van der Waals surface area contributed by atoms with Crippen LogP contribution in [0.1, 0.15) is 11.3 Å². The summed E-state index contributed by atoms with van der Waals surface area (Å²) >= 11 is 0. The number of anilines is 2. The lowest BCUT2D eigenvalue weighted by Gasteiger charge is -2.35. The van der Waals surface area contributed by atoms with Gasteiger partial charge in [-0.3, -0.25) is 0 Å². The van der Waals surface area contributed by atoms with E-state index in [9.17, 15) is 0 Å². The molecule has 6 heteroatoms. The number of piperazine rings is 1. The molecule has 6 nitrogen and oxygen atoms in total. The average Bonchev–Trinajstić information content (AvgIpc) is 2.81. The van der Waals surface area contributed by atoms with Crippen molar-refractivity contribution in [3.8, 4) is 0 Å². The standard InChI is InChI=1S/C23H22N6/c1-2-7-18(8-3-1)17-21-19-9-4-5-10-20(19)22(27-26-21)28-13-15-29(16-14-28)23-24-11-6-12-25-23/h1-12H,13-17H2. The molecule has 0 atom stereocenters. The molecule has 0 saturated carbocycles. The minimum absolute atomic E-state index is 0.785. The lowest BCUT2D eigenvalue weighted by molar-refractivity contribution is 0.632. The van der Waals surface area contributed by atoms with Gasteiger partial charge < -0.3 is 9.80 Å². The van der Waals surface area contributed by atoms with Crippen LogP contribution in [0.5, 0.6) is 0 Å². The molecule has 0 unspecified atom stereocenters. The SMILES string of the molecule is c1ccc(Cc2nnc(N3CCN(c4ncccn4)CC3)c3ccccc23)cc1. The van der Waals surface area contributed by atoms with Crippen LogP contribution in [0.3, 0.4) is 0 Å². The van der Waals surface area contributed by atoms with Gasteiger partial charge in [0.05, 0.1) is 5.69 Å². The van der Waals surface area contributed by atoms with E-state index in [0.29, 0.717) is 0 Å². The van der Waals surface area contributed by atoms with Crippen LogP contribution >= 0.6 is 0 Å². The van der Waals surface area contributed by atoms with Crippen LogP contribution in [0, 0.1) is 0 Å². The van der Waals surface area contributed by atoms with Crippen LogP contribution in [-0.2, 0) is 6.42 Å². The second-order valence-corrected chi connectivity index (χ2v) is 7.20. The summed E-state index contributed by atoms with van der Waals surface area (Å²) in [7, 11) is 0.